The molecule has 1 aromatic carbocycles. The maximum Gasteiger partial charge on any atom is 0.439 e. The van der Waals surface area contributed by atoms with Gasteiger partial charge in [0.25, 0.3) is 5.78 Å². The average Bonchev–Trinajstić information content (AvgIpc) is 2.66. The summed E-state index contributed by atoms with van der Waals surface area (Å²) in [5.41, 5.74) is -1.66. The monoisotopic (exact) mass is 272 g/mol. The van der Waals surface area contributed by atoms with E-state index in [4.69, 9.17) is 4.74 Å². The number of ketones is 1. The van der Waals surface area contributed by atoms with Crippen molar-refractivity contribution < 1.29 is 27.5 Å². The Morgan fingerprint density at radius 3 is 2.16 bits per heavy atom. The fourth-order valence-corrected chi connectivity index (χ4v) is 1.47. The highest BCUT2D eigenvalue weighted by atomic mass is 19.4. The largest absolute Gasteiger partial charge is 0.497 e. The molecule has 19 heavy (non-hydrogen) atoms. The molecule has 2 rings (SSSR count). The van der Waals surface area contributed by atoms with Crippen molar-refractivity contribution in [1.82, 2.24) is 0 Å². The van der Waals surface area contributed by atoms with Crippen LogP contribution in [0, 0.1) is 0 Å². The van der Waals surface area contributed by atoms with Crippen molar-refractivity contribution in [3.8, 4) is 5.75 Å². The Hall–Kier alpha value is -2.38. The molecular weight excluding hydrogens is 265 g/mol. The molecule has 0 N–H and O–H groups in total. The molecule has 1 amide bonds. The molecule has 8 heteroatoms. The molecule has 100 valence electrons. The average molecular weight is 272 g/mol. The van der Waals surface area contributed by atoms with E-state index in [1.807, 2.05) is 0 Å². The molecular formula is C11H7F3N2O3. The highest BCUT2D eigenvalue weighted by Crippen LogP contribution is 2.27. The third kappa shape index (κ3) is 2.28. The summed E-state index contributed by atoms with van der Waals surface area (Å²) in [6.45, 7) is 0. The highest BCUT2D eigenvalue weighted by molar-refractivity contribution is 6.70. The van der Waals surface area contributed by atoms with Gasteiger partial charge in [-0.3, -0.25) is 9.59 Å². The second-order valence-electron chi connectivity index (χ2n) is 3.59. The Labute approximate surface area is 105 Å². The van der Waals surface area contributed by atoms with E-state index in [9.17, 15) is 22.8 Å². The van der Waals surface area contributed by atoms with E-state index < -0.39 is 23.6 Å². The number of carbonyl (C=O) groups is 2. The number of methoxy groups -OCH3 is 1. The Bertz CT molecular complexity index is 564. The molecule has 0 unspecified atom stereocenters. The number of halogens is 3. The van der Waals surface area contributed by atoms with E-state index >= 15 is 0 Å². The van der Waals surface area contributed by atoms with Gasteiger partial charge < -0.3 is 4.74 Å². The Kier molecular flexibility index (Phi) is 3.01. The maximum atomic E-state index is 12.4. The number of nitrogens with zero attached hydrogens (tertiary/aromatic N) is 2. The molecule has 1 aliphatic rings. The summed E-state index contributed by atoms with van der Waals surface area (Å²) in [7, 11) is 1.42. The molecule has 1 heterocycles. The van der Waals surface area contributed by atoms with Crippen molar-refractivity contribution in [2.24, 2.45) is 5.10 Å². The molecule has 0 aliphatic carbocycles. The van der Waals surface area contributed by atoms with Crippen LogP contribution < -0.4 is 9.75 Å². The summed E-state index contributed by atoms with van der Waals surface area (Å²) < 4.78 is 42.2. The number of hydrogen-bond acceptors (Lipinski definition) is 4. The first-order valence-electron chi connectivity index (χ1n) is 5.03. The third-order valence-corrected chi connectivity index (χ3v) is 2.39. The lowest BCUT2D eigenvalue weighted by molar-refractivity contribution is -0.133. The van der Waals surface area contributed by atoms with Gasteiger partial charge in [0.15, 0.2) is 0 Å². The van der Waals surface area contributed by atoms with E-state index in [1.165, 1.54) is 31.4 Å². The number of amides is 1. The number of hydrogen-bond donors (Lipinski definition) is 0. The molecule has 1 aromatic rings. The van der Waals surface area contributed by atoms with Crippen LogP contribution in [-0.2, 0) is 9.59 Å². The van der Waals surface area contributed by atoms with Gasteiger partial charge in [-0.2, -0.15) is 23.3 Å². The van der Waals surface area contributed by atoms with Crippen molar-refractivity contribution in [1.29, 1.82) is 0 Å². The topological polar surface area (TPSA) is 59.0 Å². The number of Topliss-reactive ketones (excluding diaryl/α,β-unsaturated/α-hetero) is 1. The minimum absolute atomic E-state index is 0.0541. The molecule has 0 saturated carbocycles. The number of rotatable bonds is 2. The lowest BCUT2D eigenvalue weighted by atomic mass is 10.2. The third-order valence-electron chi connectivity index (χ3n) is 2.39. The zero-order valence-electron chi connectivity index (χ0n) is 9.56. The maximum absolute atomic E-state index is 12.4. The molecule has 0 radical (unpaired) electrons. The highest BCUT2D eigenvalue weighted by Gasteiger charge is 2.49. The van der Waals surface area contributed by atoms with Crippen LogP contribution in [0.1, 0.15) is 0 Å². The number of ether oxygens (including phenoxy) is 1. The molecule has 0 bridgehead atoms. The number of hydrazone groups is 1. The van der Waals surface area contributed by atoms with Gasteiger partial charge in [0.1, 0.15) is 5.75 Å². The van der Waals surface area contributed by atoms with Crippen molar-refractivity contribution in [2.75, 3.05) is 12.1 Å². The van der Waals surface area contributed by atoms with Crippen LogP contribution in [0.4, 0.5) is 18.9 Å². The smallest absolute Gasteiger partial charge is 0.439 e. The predicted molar refractivity (Wildman–Crippen MR) is 59.0 cm³/mol. The summed E-state index contributed by atoms with van der Waals surface area (Å²) in [5, 5.41) is 3.45. The fraction of sp³-hybridized carbons (Fsp3) is 0.182. The van der Waals surface area contributed by atoms with Gasteiger partial charge >= 0.3 is 12.1 Å². The van der Waals surface area contributed by atoms with Crippen molar-refractivity contribution in [3.63, 3.8) is 0 Å². The minimum atomic E-state index is -4.95. The fourth-order valence-electron chi connectivity index (χ4n) is 1.47. The molecule has 0 aromatic heterocycles. The number of benzene rings is 1. The van der Waals surface area contributed by atoms with Gasteiger partial charge in [-0.1, -0.05) is 0 Å². The van der Waals surface area contributed by atoms with Gasteiger partial charge in [0.2, 0.25) is 5.71 Å². The van der Waals surface area contributed by atoms with E-state index in [-0.39, 0.29) is 5.69 Å². The molecule has 5 nitrogen and oxygen atoms in total. The van der Waals surface area contributed by atoms with Crippen LogP contribution in [0.5, 0.6) is 5.75 Å². The van der Waals surface area contributed by atoms with Crippen LogP contribution in [0.2, 0.25) is 0 Å². The Balaban J connectivity index is 2.37. The number of anilines is 1. The summed E-state index contributed by atoms with van der Waals surface area (Å²) in [4.78, 5) is 22.6. The molecule has 0 spiro atoms. The summed E-state index contributed by atoms with van der Waals surface area (Å²) >= 11 is 0. The lowest BCUT2D eigenvalue weighted by Crippen LogP contribution is -2.33. The van der Waals surface area contributed by atoms with E-state index in [0.717, 1.165) is 0 Å². The van der Waals surface area contributed by atoms with Crippen molar-refractivity contribution in [2.45, 2.75) is 6.18 Å². The molecule has 1 aliphatic heterocycles. The first kappa shape index (κ1) is 13.1. The zero-order valence-corrected chi connectivity index (χ0v) is 9.56. The van der Waals surface area contributed by atoms with Crippen LogP contribution in [0.3, 0.4) is 0 Å². The standard InChI is InChI=1S/C11H7F3N2O3/c1-19-7-4-2-6(3-5-7)16-10(18)8(17)9(15-16)11(12,13)14/h2-5H,1H3. The van der Waals surface area contributed by atoms with Crippen molar-refractivity contribution >= 4 is 23.1 Å². The van der Waals surface area contributed by atoms with Gasteiger partial charge in [-0.25, -0.2) is 0 Å². The Morgan fingerprint density at radius 2 is 1.74 bits per heavy atom. The number of carbonyl (C=O) groups excluding carboxylic acids is 2. The number of alkyl halides is 3. The van der Waals surface area contributed by atoms with Gasteiger partial charge in [0.05, 0.1) is 12.8 Å². The molecule has 0 saturated heterocycles. The first-order valence-corrected chi connectivity index (χ1v) is 5.03. The predicted octanol–water partition coefficient (Wildman–Crippen LogP) is 1.53. The second-order valence-corrected chi connectivity index (χ2v) is 3.59. The van der Waals surface area contributed by atoms with Crippen molar-refractivity contribution in [3.05, 3.63) is 24.3 Å². The quantitative estimate of drug-likeness (QED) is 0.767. The lowest BCUT2D eigenvalue weighted by Gasteiger charge is -2.10. The summed E-state index contributed by atoms with van der Waals surface area (Å²) in [5.74, 6) is -2.54. The first-order chi connectivity index (χ1) is 8.84. The van der Waals surface area contributed by atoms with E-state index in [2.05, 4.69) is 5.10 Å². The van der Waals surface area contributed by atoms with Gasteiger partial charge in [-0.15, -0.1) is 0 Å². The van der Waals surface area contributed by atoms with Gasteiger partial charge in [0, 0.05) is 0 Å². The SMILES string of the molecule is COc1ccc(N2N=C(C(F)(F)F)C(=O)C2=O)cc1. The normalized spacial score (nSPS) is 15.8. The molecule has 0 fully saturated rings. The minimum Gasteiger partial charge on any atom is -0.497 e. The second kappa shape index (κ2) is 4.38. The van der Waals surface area contributed by atoms with Crippen LogP contribution >= 0.6 is 0 Å². The van der Waals surface area contributed by atoms with E-state index in [1.54, 1.807) is 0 Å². The van der Waals surface area contributed by atoms with Crippen LogP contribution in [0.15, 0.2) is 29.4 Å². The molecule has 0 atom stereocenters. The Morgan fingerprint density at radius 1 is 1.16 bits per heavy atom. The van der Waals surface area contributed by atoms with Crippen LogP contribution in [-0.4, -0.2) is 30.7 Å². The summed E-state index contributed by atoms with van der Waals surface area (Å²) in [6, 6.07) is 5.53. The van der Waals surface area contributed by atoms with Crippen LogP contribution in [0.25, 0.3) is 0 Å². The summed E-state index contributed by atoms with van der Waals surface area (Å²) in [6.07, 6.45) is -4.95. The van der Waals surface area contributed by atoms with Gasteiger partial charge in [-0.05, 0) is 24.3 Å². The van der Waals surface area contributed by atoms with E-state index in [0.29, 0.717) is 10.8 Å². The zero-order chi connectivity index (χ0) is 14.2.